The third-order valence-electron chi connectivity index (χ3n) is 4.51. The SMILES string of the molecule is CCN(C)/C=N\c1cc(C)c(Oc2snc(-c3ccccc3C)c2C#N)cc1Cl. The Morgan fingerprint density at radius 1 is 1.28 bits per heavy atom. The molecule has 0 aliphatic carbocycles. The Labute approximate surface area is 180 Å². The van der Waals surface area contributed by atoms with Crippen LogP contribution in [0.2, 0.25) is 5.02 Å². The van der Waals surface area contributed by atoms with Gasteiger partial charge in [0.1, 0.15) is 23.1 Å². The van der Waals surface area contributed by atoms with E-state index >= 15 is 0 Å². The minimum atomic E-state index is 0.423. The van der Waals surface area contributed by atoms with Crippen LogP contribution in [0, 0.1) is 25.2 Å². The van der Waals surface area contributed by atoms with E-state index < -0.39 is 0 Å². The Kier molecular flexibility index (Phi) is 6.53. The predicted molar refractivity (Wildman–Crippen MR) is 120 cm³/mol. The van der Waals surface area contributed by atoms with Crippen molar-refractivity contribution in [3.63, 3.8) is 0 Å². The number of aliphatic imine (C=N–C) groups is 1. The van der Waals surface area contributed by atoms with E-state index in [-0.39, 0.29) is 0 Å². The lowest BCUT2D eigenvalue weighted by atomic mass is 10.0. The fourth-order valence-electron chi connectivity index (χ4n) is 2.66. The molecule has 5 nitrogen and oxygen atoms in total. The number of halogens is 1. The minimum absolute atomic E-state index is 0.423. The van der Waals surface area contributed by atoms with Gasteiger partial charge in [0.15, 0.2) is 0 Å². The summed E-state index contributed by atoms with van der Waals surface area (Å²) in [5.41, 5.74) is 4.58. The van der Waals surface area contributed by atoms with E-state index in [9.17, 15) is 5.26 Å². The first-order valence-corrected chi connectivity index (χ1v) is 10.3. The molecular formula is C22H21ClN4OS. The van der Waals surface area contributed by atoms with Crippen LogP contribution in [0.3, 0.4) is 0 Å². The second kappa shape index (κ2) is 9.08. The first-order valence-electron chi connectivity index (χ1n) is 9.12. The summed E-state index contributed by atoms with van der Waals surface area (Å²) in [6.07, 6.45) is 1.74. The molecule has 0 atom stereocenters. The number of hydrogen-bond acceptors (Lipinski definition) is 5. The molecule has 7 heteroatoms. The fourth-order valence-corrected chi connectivity index (χ4v) is 3.59. The average Bonchev–Trinajstić information content (AvgIpc) is 3.11. The third kappa shape index (κ3) is 4.58. The van der Waals surface area contributed by atoms with Crippen molar-refractivity contribution >= 4 is 35.2 Å². The molecule has 0 fully saturated rings. The molecule has 2 aromatic carbocycles. The van der Waals surface area contributed by atoms with Crippen LogP contribution < -0.4 is 4.74 Å². The maximum atomic E-state index is 9.72. The van der Waals surface area contributed by atoms with E-state index in [2.05, 4.69) is 15.4 Å². The lowest BCUT2D eigenvalue weighted by Crippen LogP contribution is -2.14. The van der Waals surface area contributed by atoms with Crippen molar-refractivity contribution in [2.75, 3.05) is 13.6 Å². The lowest BCUT2D eigenvalue weighted by Gasteiger charge is -2.11. The maximum absolute atomic E-state index is 9.72. The van der Waals surface area contributed by atoms with Gasteiger partial charge >= 0.3 is 0 Å². The van der Waals surface area contributed by atoms with Gasteiger partial charge in [0, 0.05) is 36.8 Å². The zero-order valence-electron chi connectivity index (χ0n) is 16.7. The molecule has 0 aliphatic heterocycles. The number of benzene rings is 2. The van der Waals surface area contributed by atoms with Crippen LogP contribution in [-0.4, -0.2) is 29.2 Å². The molecule has 0 aliphatic rings. The minimum Gasteiger partial charge on any atom is -0.443 e. The molecule has 29 heavy (non-hydrogen) atoms. The van der Waals surface area contributed by atoms with Crippen molar-refractivity contribution in [1.29, 1.82) is 5.26 Å². The molecular weight excluding hydrogens is 404 g/mol. The molecule has 0 saturated heterocycles. The van der Waals surface area contributed by atoms with E-state index in [1.165, 1.54) is 0 Å². The summed E-state index contributed by atoms with van der Waals surface area (Å²) in [7, 11) is 1.95. The number of ether oxygens (including phenoxy) is 1. The molecule has 0 radical (unpaired) electrons. The third-order valence-corrected chi connectivity index (χ3v) is 5.54. The van der Waals surface area contributed by atoms with E-state index in [1.54, 1.807) is 12.4 Å². The normalized spacial score (nSPS) is 10.9. The van der Waals surface area contributed by atoms with Crippen molar-refractivity contribution in [1.82, 2.24) is 9.27 Å². The van der Waals surface area contributed by atoms with Gasteiger partial charge in [0.05, 0.1) is 17.0 Å². The van der Waals surface area contributed by atoms with Crippen molar-refractivity contribution in [3.05, 3.63) is 58.1 Å². The van der Waals surface area contributed by atoms with Gasteiger partial charge in [-0.1, -0.05) is 35.9 Å². The van der Waals surface area contributed by atoms with E-state index in [0.29, 0.717) is 32.8 Å². The summed E-state index contributed by atoms with van der Waals surface area (Å²) < 4.78 is 10.5. The number of rotatable bonds is 6. The summed E-state index contributed by atoms with van der Waals surface area (Å²) in [4.78, 5) is 6.38. The Balaban J connectivity index is 1.93. The average molecular weight is 425 g/mol. The molecule has 1 aromatic heterocycles. The van der Waals surface area contributed by atoms with Crippen LogP contribution in [0.25, 0.3) is 11.3 Å². The summed E-state index contributed by atoms with van der Waals surface area (Å²) >= 11 is 7.56. The van der Waals surface area contributed by atoms with Crippen molar-refractivity contribution < 1.29 is 4.74 Å². The first kappa shape index (κ1) is 20.8. The lowest BCUT2D eigenvalue weighted by molar-refractivity contribution is 0.491. The zero-order valence-corrected chi connectivity index (χ0v) is 18.3. The number of aromatic nitrogens is 1. The molecule has 1 heterocycles. The second-order valence-corrected chi connectivity index (χ2v) is 7.75. The van der Waals surface area contributed by atoms with Crippen LogP contribution in [0.4, 0.5) is 5.69 Å². The van der Waals surface area contributed by atoms with Crippen LogP contribution in [0.15, 0.2) is 41.4 Å². The Bertz CT molecular complexity index is 1100. The number of nitrogens with zero attached hydrogens (tertiary/aromatic N) is 4. The Hall–Kier alpha value is -2.88. The molecule has 0 amide bonds. The van der Waals surface area contributed by atoms with Crippen molar-refractivity contribution in [3.8, 4) is 28.1 Å². The molecule has 3 aromatic rings. The highest BCUT2D eigenvalue weighted by Gasteiger charge is 2.19. The van der Waals surface area contributed by atoms with E-state index in [0.717, 1.165) is 34.8 Å². The highest BCUT2D eigenvalue weighted by molar-refractivity contribution is 7.08. The summed E-state index contributed by atoms with van der Waals surface area (Å²) in [5.74, 6) is 0.578. The molecule has 148 valence electrons. The van der Waals surface area contributed by atoms with Gasteiger partial charge in [0.25, 0.3) is 0 Å². The van der Waals surface area contributed by atoms with Gasteiger partial charge in [-0.3, -0.25) is 0 Å². The van der Waals surface area contributed by atoms with Crippen LogP contribution in [-0.2, 0) is 0 Å². The molecule has 0 saturated carbocycles. The first-order chi connectivity index (χ1) is 13.9. The number of hydrogen-bond donors (Lipinski definition) is 0. The molecule has 0 N–H and O–H groups in total. The standard InChI is InChI=1S/C22H21ClN4OS/c1-5-27(4)13-25-19-10-15(3)20(11-18(19)23)28-22-17(12-24)21(26-29-22)16-9-7-6-8-14(16)2/h6-11,13H,5H2,1-4H3/b25-13-. The van der Waals surface area contributed by atoms with Crippen LogP contribution in [0.1, 0.15) is 23.6 Å². The van der Waals surface area contributed by atoms with Gasteiger partial charge < -0.3 is 9.64 Å². The molecule has 0 bridgehead atoms. The van der Waals surface area contributed by atoms with Crippen LogP contribution in [0.5, 0.6) is 10.8 Å². The highest BCUT2D eigenvalue weighted by atomic mass is 35.5. The van der Waals surface area contributed by atoms with Gasteiger partial charge in [-0.25, -0.2) is 4.99 Å². The van der Waals surface area contributed by atoms with Crippen molar-refractivity contribution in [2.45, 2.75) is 20.8 Å². The van der Waals surface area contributed by atoms with Crippen molar-refractivity contribution in [2.24, 2.45) is 4.99 Å². The van der Waals surface area contributed by atoms with Gasteiger partial charge in [-0.05, 0) is 38.0 Å². The molecule has 0 unspecified atom stereocenters. The Morgan fingerprint density at radius 2 is 2.03 bits per heavy atom. The molecule has 0 spiro atoms. The predicted octanol–water partition coefficient (Wildman–Crippen LogP) is 6.36. The highest BCUT2D eigenvalue weighted by Crippen LogP contribution is 2.40. The monoisotopic (exact) mass is 424 g/mol. The number of nitriles is 1. The van der Waals surface area contributed by atoms with Gasteiger partial charge in [-0.2, -0.15) is 9.64 Å². The van der Waals surface area contributed by atoms with Gasteiger partial charge in [0.2, 0.25) is 5.06 Å². The fraction of sp³-hybridized carbons (Fsp3) is 0.227. The largest absolute Gasteiger partial charge is 0.443 e. The Morgan fingerprint density at radius 3 is 2.72 bits per heavy atom. The smallest absolute Gasteiger partial charge is 0.218 e. The quantitative estimate of drug-likeness (QED) is 0.341. The van der Waals surface area contributed by atoms with Crippen LogP contribution >= 0.6 is 23.1 Å². The maximum Gasteiger partial charge on any atom is 0.218 e. The molecule has 3 rings (SSSR count). The van der Waals surface area contributed by atoms with E-state index in [4.69, 9.17) is 16.3 Å². The summed E-state index contributed by atoms with van der Waals surface area (Å²) in [6, 6.07) is 13.7. The summed E-state index contributed by atoms with van der Waals surface area (Å²) in [6.45, 7) is 6.81. The number of aryl methyl sites for hydroxylation is 2. The topological polar surface area (TPSA) is 61.5 Å². The van der Waals surface area contributed by atoms with Gasteiger partial charge in [-0.15, -0.1) is 0 Å². The van der Waals surface area contributed by atoms with E-state index in [1.807, 2.05) is 63.1 Å². The second-order valence-electron chi connectivity index (χ2n) is 6.61. The summed E-state index contributed by atoms with van der Waals surface area (Å²) in [5, 5.41) is 10.6. The zero-order chi connectivity index (χ0) is 21.0.